The van der Waals surface area contributed by atoms with Crippen LogP contribution in [0.5, 0.6) is 0 Å². The number of aliphatic hydroxyl groups excluding tert-OH is 1. The number of esters is 1. The highest BCUT2D eigenvalue weighted by Gasteiger charge is 2.61. The van der Waals surface area contributed by atoms with E-state index < -0.39 is 0 Å². The molecule has 5 aliphatic rings. The number of fused-ring (bicyclic) bond motifs is 2. The summed E-state index contributed by atoms with van der Waals surface area (Å²) in [6.45, 7) is 0.154. The number of carbonyl (C=O) groups excluding carboxylic acids is 1. The van der Waals surface area contributed by atoms with Crippen LogP contribution in [0.1, 0.15) is 12.8 Å². The van der Waals surface area contributed by atoms with Crippen molar-refractivity contribution in [2.24, 2.45) is 23.7 Å². The summed E-state index contributed by atoms with van der Waals surface area (Å²) in [6, 6.07) is 0. The highest BCUT2D eigenvalue weighted by molar-refractivity contribution is 14.1. The zero-order valence-corrected chi connectivity index (χ0v) is 9.88. The molecule has 0 unspecified atom stereocenters. The summed E-state index contributed by atoms with van der Waals surface area (Å²) in [6.07, 6.45) is 2.36. The Morgan fingerprint density at radius 3 is 2.79 bits per heavy atom. The van der Waals surface area contributed by atoms with Crippen molar-refractivity contribution in [3.63, 3.8) is 0 Å². The number of rotatable bonds is 1. The van der Waals surface area contributed by atoms with Crippen molar-refractivity contribution in [3.8, 4) is 0 Å². The summed E-state index contributed by atoms with van der Waals surface area (Å²) in [7, 11) is 0. The van der Waals surface area contributed by atoms with Crippen molar-refractivity contribution >= 4 is 28.6 Å². The van der Waals surface area contributed by atoms with E-state index in [1.807, 2.05) is 0 Å². The quantitative estimate of drug-likeness (QED) is 0.446. The van der Waals surface area contributed by atoms with E-state index >= 15 is 0 Å². The predicted octanol–water partition coefficient (Wildman–Crippen LogP) is 0.980. The molecule has 2 aliphatic heterocycles. The molecule has 4 bridgehead atoms. The van der Waals surface area contributed by atoms with Gasteiger partial charge in [0.2, 0.25) is 0 Å². The van der Waals surface area contributed by atoms with Gasteiger partial charge >= 0.3 is 5.97 Å². The van der Waals surface area contributed by atoms with Gasteiger partial charge < -0.3 is 9.84 Å². The average molecular weight is 308 g/mol. The van der Waals surface area contributed by atoms with Gasteiger partial charge in [0, 0.05) is 18.4 Å². The van der Waals surface area contributed by atoms with Gasteiger partial charge in [0.25, 0.3) is 0 Å². The predicted molar refractivity (Wildman–Crippen MR) is 58.0 cm³/mol. The van der Waals surface area contributed by atoms with E-state index in [1.165, 1.54) is 0 Å². The summed E-state index contributed by atoms with van der Waals surface area (Å²) >= 11 is 2.42. The summed E-state index contributed by atoms with van der Waals surface area (Å²) in [4.78, 5) is 11.6. The highest BCUT2D eigenvalue weighted by Crippen LogP contribution is 2.56. The van der Waals surface area contributed by atoms with Crippen LogP contribution in [0.2, 0.25) is 0 Å². The summed E-state index contributed by atoms with van der Waals surface area (Å²) in [5.41, 5.74) is 0. The fraction of sp³-hybridized carbons (Fsp3) is 0.900. The first kappa shape index (κ1) is 9.39. The zero-order chi connectivity index (χ0) is 9.87. The SMILES string of the molecule is O=C1O[C@H]2[C@H](I)[C@H]3CC[C@H]2[C@H](CO)[C@H]13. The smallest absolute Gasteiger partial charge is 0.309 e. The molecule has 0 spiro atoms. The van der Waals surface area contributed by atoms with E-state index in [-0.39, 0.29) is 30.5 Å². The molecule has 5 fully saturated rings. The molecule has 14 heavy (non-hydrogen) atoms. The van der Waals surface area contributed by atoms with Gasteiger partial charge in [0.1, 0.15) is 6.10 Å². The molecule has 1 N–H and O–H groups in total. The number of halogens is 1. The molecule has 2 saturated heterocycles. The van der Waals surface area contributed by atoms with Crippen molar-refractivity contribution < 1.29 is 14.6 Å². The minimum Gasteiger partial charge on any atom is -0.461 e. The topological polar surface area (TPSA) is 46.5 Å². The molecule has 3 aliphatic carbocycles. The van der Waals surface area contributed by atoms with Crippen LogP contribution in [0, 0.1) is 23.7 Å². The Labute approximate surface area is 96.3 Å². The second-order valence-electron chi connectivity index (χ2n) is 4.62. The van der Waals surface area contributed by atoms with Crippen molar-refractivity contribution in [2.75, 3.05) is 6.61 Å². The van der Waals surface area contributed by atoms with Crippen LogP contribution in [0.25, 0.3) is 0 Å². The Morgan fingerprint density at radius 2 is 2.14 bits per heavy atom. The van der Waals surface area contributed by atoms with Crippen LogP contribution < -0.4 is 0 Å². The molecule has 0 aromatic rings. The first-order valence-corrected chi connectivity index (χ1v) is 6.44. The minimum absolute atomic E-state index is 0.00866. The lowest BCUT2D eigenvalue weighted by Gasteiger charge is -2.57. The fourth-order valence-electron chi connectivity index (χ4n) is 3.57. The van der Waals surface area contributed by atoms with Gasteiger partial charge in [0.05, 0.1) is 9.84 Å². The first-order valence-electron chi connectivity index (χ1n) is 5.19. The zero-order valence-electron chi connectivity index (χ0n) is 7.73. The molecule has 3 saturated carbocycles. The van der Waals surface area contributed by atoms with Crippen molar-refractivity contribution in [2.45, 2.75) is 22.9 Å². The molecule has 0 aromatic heterocycles. The summed E-state index contributed by atoms with van der Waals surface area (Å²) in [5.74, 6) is 1.01. The van der Waals surface area contributed by atoms with Crippen LogP contribution in [0.3, 0.4) is 0 Å². The van der Waals surface area contributed by atoms with Gasteiger partial charge in [-0.25, -0.2) is 0 Å². The highest BCUT2D eigenvalue weighted by atomic mass is 127. The average Bonchev–Trinajstić information content (AvgIpc) is 2.20. The lowest BCUT2D eigenvalue weighted by Crippen LogP contribution is -2.64. The molecule has 78 valence electrons. The molecule has 0 radical (unpaired) electrons. The molecule has 5 rings (SSSR count). The molecular weight excluding hydrogens is 295 g/mol. The van der Waals surface area contributed by atoms with Gasteiger partial charge in [-0.05, 0) is 18.8 Å². The Bertz CT molecular complexity index is 275. The van der Waals surface area contributed by atoms with Crippen LogP contribution in [0.4, 0.5) is 0 Å². The summed E-state index contributed by atoms with van der Waals surface area (Å²) in [5, 5.41) is 9.33. The van der Waals surface area contributed by atoms with Crippen molar-refractivity contribution in [1.29, 1.82) is 0 Å². The lowest BCUT2D eigenvalue weighted by atomic mass is 9.56. The van der Waals surface area contributed by atoms with E-state index in [0.29, 0.717) is 15.8 Å². The van der Waals surface area contributed by atoms with Gasteiger partial charge in [-0.1, -0.05) is 22.6 Å². The number of hydrogen-bond acceptors (Lipinski definition) is 3. The van der Waals surface area contributed by atoms with E-state index in [1.54, 1.807) is 0 Å². The lowest BCUT2D eigenvalue weighted by molar-refractivity contribution is -0.205. The van der Waals surface area contributed by atoms with E-state index in [2.05, 4.69) is 22.6 Å². The van der Waals surface area contributed by atoms with Gasteiger partial charge in [-0.3, -0.25) is 4.79 Å². The van der Waals surface area contributed by atoms with Gasteiger partial charge in [-0.15, -0.1) is 0 Å². The van der Waals surface area contributed by atoms with Crippen LogP contribution in [-0.2, 0) is 9.53 Å². The first-order chi connectivity index (χ1) is 6.74. The maximum atomic E-state index is 11.6. The Kier molecular flexibility index (Phi) is 2.06. The number of alkyl halides is 1. The molecule has 0 aromatic carbocycles. The van der Waals surface area contributed by atoms with Crippen LogP contribution in [0.15, 0.2) is 0 Å². The maximum absolute atomic E-state index is 11.6. The molecular formula is C10H13IO3. The van der Waals surface area contributed by atoms with Gasteiger partial charge in [-0.2, -0.15) is 0 Å². The Morgan fingerprint density at radius 1 is 1.43 bits per heavy atom. The number of ether oxygens (including phenoxy) is 1. The normalized spacial score (nSPS) is 54.9. The van der Waals surface area contributed by atoms with E-state index in [9.17, 15) is 9.90 Å². The van der Waals surface area contributed by atoms with Crippen molar-refractivity contribution in [3.05, 3.63) is 0 Å². The number of carbonyl (C=O) groups is 1. The molecule has 0 amide bonds. The molecule has 2 heterocycles. The molecule has 4 heteroatoms. The van der Waals surface area contributed by atoms with E-state index in [0.717, 1.165) is 12.8 Å². The monoisotopic (exact) mass is 308 g/mol. The standard InChI is InChI=1S/C10H13IO3/c11-8-5-2-1-4-6(3-12)7(5)10(13)14-9(4)8/h4-9,12H,1-3H2/t4-,5-,6-,7+,8+,9+/m0/s1. The van der Waals surface area contributed by atoms with Crippen LogP contribution in [-0.4, -0.2) is 27.7 Å². The second kappa shape index (κ2) is 3.07. The summed E-state index contributed by atoms with van der Waals surface area (Å²) < 4.78 is 5.89. The fourth-order valence-corrected chi connectivity index (χ4v) is 5.06. The third-order valence-electron chi connectivity index (χ3n) is 4.19. The van der Waals surface area contributed by atoms with E-state index in [4.69, 9.17) is 4.74 Å². The second-order valence-corrected chi connectivity index (χ2v) is 6.06. The number of hydrogen-bond donors (Lipinski definition) is 1. The largest absolute Gasteiger partial charge is 0.461 e. The third-order valence-corrected chi connectivity index (χ3v) is 5.82. The maximum Gasteiger partial charge on any atom is 0.309 e. The van der Waals surface area contributed by atoms with Crippen LogP contribution >= 0.6 is 22.6 Å². The van der Waals surface area contributed by atoms with Crippen molar-refractivity contribution in [1.82, 2.24) is 0 Å². The molecule has 3 nitrogen and oxygen atoms in total. The number of aliphatic hydroxyl groups is 1. The van der Waals surface area contributed by atoms with Gasteiger partial charge in [0.15, 0.2) is 0 Å². The Hall–Kier alpha value is 0.160. The third kappa shape index (κ3) is 0.988. The minimum atomic E-state index is -0.0529. The Balaban J connectivity index is 2.01. The molecule has 6 atom stereocenters.